The monoisotopic (exact) mass is 374 g/mol. The molecule has 5 heteroatoms. The van der Waals surface area contributed by atoms with Gasteiger partial charge in [-0.25, -0.2) is 13.6 Å². The molecule has 0 heterocycles. The van der Waals surface area contributed by atoms with E-state index in [4.69, 9.17) is 4.74 Å². The fourth-order valence-corrected chi connectivity index (χ4v) is 4.47. The van der Waals surface area contributed by atoms with Gasteiger partial charge in [0.2, 0.25) is 0 Å². The van der Waals surface area contributed by atoms with Crippen molar-refractivity contribution in [2.75, 3.05) is 0 Å². The zero-order valence-corrected chi connectivity index (χ0v) is 17.2. The number of halogens is 2. The quantitative estimate of drug-likeness (QED) is 0.446. The number of hydrogen-bond acceptors (Lipinski definition) is 2. The molecule has 2 nitrogen and oxygen atoms in total. The van der Waals surface area contributed by atoms with Crippen LogP contribution in [0.2, 0.25) is 6.04 Å². The van der Waals surface area contributed by atoms with Crippen LogP contribution in [0.4, 0.5) is 8.78 Å². The second kappa shape index (κ2) is 8.12. The molecule has 0 amide bonds. The SMILES string of the molecule is Cc1ccc(OC(=O)c2ccc(C3CCC(C[SiH3])CC3)cc2F)cc1F. The third-order valence-corrected chi connectivity index (χ3v) is 6.62. The molecule has 2 aromatic carbocycles. The number of carbonyl (C=O) groups excluding carboxylic acids is 1. The van der Waals surface area contributed by atoms with E-state index in [0.717, 1.165) is 30.4 Å². The Morgan fingerprint density at radius 2 is 1.81 bits per heavy atom. The van der Waals surface area contributed by atoms with Gasteiger partial charge in [0.05, 0.1) is 5.56 Å². The maximum atomic E-state index is 14.5. The Labute approximate surface area is 156 Å². The average Bonchev–Trinajstić information content (AvgIpc) is 2.64. The van der Waals surface area contributed by atoms with Crippen LogP contribution in [-0.2, 0) is 0 Å². The van der Waals surface area contributed by atoms with Crippen LogP contribution < -0.4 is 4.74 Å². The van der Waals surface area contributed by atoms with Gasteiger partial charge in [-0.2, -0.15) is 0 Å². The molecule has 1 aliphatic rings. The fourth-order valence-electron chi connectivity index (χ4n) is 3.65. The second-order valence-corrected chi connectivity index (χ2v) is 7.98. The largest absolute Gasteiger partial charge is 0.423 e. The normalized spacial score (nSPS) is 20.1. The summed E-state index contributed by atoms with van der Waals surface area (Å²) in [7, 11) is 1.24. The lowest BCUT2D eigenvalue weighted by atomic mass is 9.79. The number of benzene rings is 2. The van der Waals surface area contributed by atoms with Gasteiger partial charge in [-0.3, -0.25) is 0 Å². The second-order valence-electron chi connectivity index (χ2n) is 7.17. The molecule has 0 unspecified atom stereocenters. The molecule has 1 aliphatic carbocycles. The Hall–Kier alpha value is -2.01. The lowest BCUT2D eigenvalue weighted by Crippen LogP contribution is -2.15. The van der Waals surface area contributed by atoms with Gasteiger partial charge in [0, 0.05) is 16.3 Å². The number of aryl methyl sites for hydroxylation is 1. The molecule has 26 heavy (non-hydrogen) atoms. The molecule has 0 N–H and O–H groups in total. The van der Waals surface area contributed by atoms with Crippen molar-refractivity contribution >= 4 is 16.2 Å². The number of rotatable bonds is 4. The third kappa shape index (κ3) is 4.21. The Morgan fingerprint density at radius 3 is 2.42 bits per heavy atom. The van der Waals surface area contributed by atoms with Crippen molar-refractivity contribution in [1.29, 1.82) is 0 Å². The van der Waals surface area contributed by atoms with Gasteiger partial charge in [-0.1, -0.05) is 31.0 Å². The first-order valence-corrected chi connectivity index (χ1v) is 10.7. The van der Waals surface area contributed by atoms with Gasteiger partial charge in [-0.15, -0.1) is 0 Å². The summed E-state index contributed by atoms with van der Waals surface area (Å²) < 4.78 is 33.2. The van der Waals surface area contributed by atoms with Crippen LogP contribution in [0, 0.1) is 24.5 Å². The average molecular weight is 375 g/mol. The van der Waals surface area contributed by atoms with Crippen molar-refractivity contribution in [2.45, 2.75) is 44.6 Å². The van der Waals surface area contributed by atoms with Crippen LogP contribution in [0.3, 0.4) is 0 Å². The van der Waals surface area contributed by atoms with E-state index in [-0.39, 0.29) is 11.3 Å². The highest BCUT2D eigenvalue weighted by Gasteiger charge is 2.23. The summed E-state index contributed by atoms with van der Waals surface area (Å²) in [6.45, 7) is 1.62. The smallest absolute Gasteiger partial charge is 0.346 e. The summed E-state index contributed by atoms with van der Waals surface area (Å²) in [4.78, 5) is 12.2. The van der Waals surface area contributed by atoms with E-state index in [9.17, 15) is 13.6 Å². The Morgan fingerprint density at radius 1 is 1.08 bits per heavy atom. The van der Waals surface area contributed by atoms with Gasteiger partial charge in [0.15, 0.2) is 0 Å². The predicted octanol–water partition coefficient (Wildman–Crippen LogP) is 4.55. The Bertz CT molecular complexity index is 799. The van der Waals surface area contributed by atoms with Gasteiger partial charge in [0.25, 0.3) is 0 Å². The van der Waals surface area contributed by atoms with Crippen molar-refractivity contribution in [3.63, 3.8) is 0 Å². The van der Waals surface area contributed by atoms with Crippen LogP contribution in [0.5, 0.6) is 5.75 Å². The molecule has 3 rings (SSSR count). The van der Waals surface area contributed by atoms with E-state index in [2.05, 4.69) is 0 Å². The highest BCUT2D eigenvalue weighted by atomic mass is 28.1. The third-order valence-electron chi connectivity index (χ3n) is 5.46. The zero-order chi connectivity index (χ0) is 18.7. The molecule has 138 valence electrons. The van der Waals surface area contributed by atoms with E-state index in [0.29, 0.717) is 11.5 Å². The minimum atomic E-state index is -0.808. The number of carbonyl (C=O) groups is 1. The molecule has 0 saturated heterocycles. The fraction of sp³-hybridized carbons (Fsp3) is 0.381. The molecule has 2 aromatic rings. The molecular weight excluding hydrogens is 350 g/mol. The minimum absolute atomic E-state index is 0.0722. The van der Waals surface area contributed by atoms with Gasteiger partial charge >= 0.3 is 5.97 Å². The summed E-state index contributed by atoms with van der Waals surface area (Å²) in [6.07, 6.45) is 4.58. The van der Waals surface area contributed by atoms with Gasteiger partial charge in [-0.05, 0) is 60.9 Å². The maximum Gasteiger partial charge on any atom is 0.346 e. The van der Waals surface area contributed by atoms with Crippen LogP contribution >= 0.6 is 0 Å². The van der Waals surface area contributed by atoms with Crippen LogP contribution in [0.15, 0.2) is 36.4 Å². The topological polar surface area (TPSA) is 26.3 Å². The summed E-state index contributed by atoms with van der Waals surface area (Å²) >= 11 is 0. The first-order chi connectivity index (χ1) is 12.5. The van der Waals surface area contributed by atoms with Crippen molar-refractivity contribution in [3.8, 4) is 5.75 Å². The lowest BCUT2D eigenvalue weighted by molar-refractivity contribution is 0.0729. The summed E-state index contributed by atoms with van der Waals surface area (Å²) in [5.74, 6) is -0.571. The zero-order valence-electron chi connectivity index (χ0n) is 15.2. The number of esters is 1. The van der Waals surface area contributed by atoms with Crippen LogP contribution in [0.1, 0.15) is 53.1 Å². The predicted molar refractivity (Wildman–Crippen MR) is 102 cm³/mol. The molecule has 0 aliphatic heterocycles. The van der Waals surface area contributed by atoms with Crippen LogP contribution in [-0.4, -0.2) is 16.2 Å². The first-order valence-electron chi connectivity index (χ1n) is 9.25. The molecular formula is C21H24F2O2Si. The molecule has 0 atom stereocenters. The maximum absolute atomic E-state index is 14.5. The molecule has 0 spiro atoms. The van der Waals surface area contributed by atoms with E-state index in [1.54, 1.807) is 6.92 Å². The highest BCUT2D eigenvalue weighted by molar-refractivity contribution is 6.08. The van der Waals surface area contributed by atoms with Crippen molar-refractivity contribution < 1.29 is 18.3 Å². The highest BCUT2D eigenvalue weighted by Crippen LogP contribution is 2.37. The van der Waals surface area contributed by atoms with E-state index >= 15 is 0 Å². The van der Waals surface area contributed by atoms with Gasteiger partial charge in [0.1, 0.15) is 17.4 Å². The van der Waals surface area contributed by atoms with Crippen molar-refractivity contribution in [1.82, 2.24) is 0 Å². The Balaban J connectivity index is 1.70. The standard InChI is InChI=1S/C21H24F2O2Si/c1-13-2-8-17(11-19(13)22)25-21(24)18-9-7-16(10-20(18)23)15-5-3-14(12-26)4-6-15/h2,7-11,14-15H,3-6,12H2,1,26H3. The van der Waals surface area contributed by atoms with Crippen molar-refractivity contribution in [2.24, 2.45) is 5.92 Å². The van der Waals surface area contributed by atoms with E-state index in [1.165, 1.54) is 53.4 Å². The Kier molecular flexibility index (Phi) is 5.86. The van der Waals surface area contributed by atoms with Crippen molar-refractivity contribution in [3.05, 3.63) is 64.7 Å². The molecule has 0 aromatic heterocycles. The van der Waals surface area contributed by atoms with E-state index in [1.807, 2.05) is 6.07 Å². The molecule has 1 fully saturated rings. The summed E-state index contributed by atoms with van der Waals surface area (Å²) in [6, 6.07) is 10.2. The first kappa shape index (κ1) is 18.8. The summed E-state index contributed by atoms with van der Waals surface area (Å²) in [5.41, 5.74) is 1.29. The number of ether oxygens (including phenoxy) is 1. The molecule has 1 saturated carbocycles. The lowest BCUT2D eigenvalue weighted by Gasteiger charge is -2.28. The van der Waals surface area contributed by atoms with Gasteiger partial charge < -0.3 is 4.74 Å². The van der Waals surface area contributed by atoms with E-state index < -0.39 is 17.6 Å². The molecule has 0 radical (unpaired) electrons. The van der Waals surface area contributed by atoms with Crippen LogP contribution in [0.25, 0.3) is 0 Å². The number of hydrogen-bond donors (Lipinski definition) is 0. The molecule has 0 bridgehead atoms. The minimum Gasteiger partial charge on any atom is -0.423 e. The summed E-state index contributed by atoms with van der Waals surface area (Å²) in [5, 5.41) is 0.